The smallest absolute Gasteiger partial charge is 0.416 e. The van der Waals surface area contributed by atoms with Crippen molar-refractivity contribution in [2.75, 3.05) is 59.2 Å². The second-order valence-electron chi connectivity index (χ2n) is 20.6. The zero-order valence-corrected chi connectivity index (χ0v) is 41.6. The number of alkyl halides is 6. The number of piperidine rings is 2. The summed E-state index contributed by atoms with van der Waals surface area (Å²) < 4.78 is 93.1. The quantitative estimate of drug-likeness (QED) is 0.129. The number of aliphatic hydroxyl groups is 2. The largest absolute Gasteiger partial charge is 0.493 e. The molecule has 1 amide bonds. The molecule has 3 saturated heterocycles. The number of carbonyl (C=O) groups is 1. The van der Waals surface area contributed by atoms with E-state index in [4.69, 9.17) is 14.2 Å². The second kappa shape index (κ2) is 26.0. The molecule has 4 aromatic rings. The first-order valence-electron chi connectivity index (χ1n) is 26.4. The Bertz CT molecular complexity index is 2190. The third-order valence-corrected chi connectivity index (χ3v) is 15.3. The number of hydrogen-bond donors (Lipinski definition) is 2. The maximum absolute atomic E-state index is 13.8. The van der Waals surface area contributed by atoms with Crippen LogP contribution in [0.15, 0.2) is 109 Å². The minimum Gasteiger partial charge on any atom is -0.493 e. The molecule has 2 aliphatic carbocycles. The van der Waals surface area contributed by atoms with E-state index in [1.807, 2.05) is 60.7 Å². The number of amides is 1. The van der Waals surface area contributed by atoms with Crippen molar-refractivity contribution in [2.24, 2.45) is 23.7 Å². The lowest BCUT2D eigenvalue weighted by Gasteiger charge is -2.44. The van der Waals surface area contributed by atoms with Crippen LogP contribution in [0.3, 0.4) is 0 Å². The summed E-state index contributed by atoms with van der Waals surface area (Å²) in [5.74, 6) is 1.07. The Morgan fingerprint density at radius 3 is 1.44 bits per heavy atom. The maximum atomic E-state index is 13.8. The summed E-state index contributed by atoms with van der Waals surface area (Å²) in [6.45, 7) is 6.19. The topological polar surface area (TPSA) is 91.7 Å². The second-order valence-corrected chi connectivity index (χ2v) is 20.6. The van der Waals surface area contributed by atoms with Gasteiger partial charge in [-0.2, -0.15) is 26.3 Å². The minimum absolute atomic E-state index is 0.0476. The number of benzene rings is 4. The summed E-state index contributed by atoms with van der Waals surface area (Å²) in [6.07, 6.45) is 8.03. The van der Waals surface area contributed by atoms with Gasteiger partial charge in [-0.1, -0.05) is 99.2 Å². The van der Waals surface area contributed by atoms with E-state index in [0.717, 1.165) is 127 Å². The Kier molecular flexibility index (Phi) is 19.9. The van der Waals surface area contributed by atoms with Gasteiger partial charge < -0.3 is 29.3 Å². The standard InChI is InChI=1S/C27H32F3NO3.C27H34F3NO2.C4H8O/c28-27(29,30)23-13-15-24(16-14-23)34-19-20-8-7-17-31(18-20)25(32)26(33,21-9-3-1-4-10-21)22-11-5-2-6-12-22;28-27(29,30)24-13-15-25(16-14-24)33-19-21-8-7-17-31(18-21)20-26(32,22-9-3-1-4-10-22)23-11-5-2-6-12-23;1-2-4-5-3-1/h1,3-4,9-10,13-16,20,22,33H,2,5-8,11-12,17-19H2;1,3-4,9-10,13-16,21,23,32H,2,5-8,11-12,17-20H2;1-4H2. The predicted octanol–water partition coefficient (Wildman–Crippen LogP) is 12.9. The molecule has 0 aromatic heterocycles. The molecule has 4 atom stereocenters. The van der Waals surface area contributed by atoms with E-state index in [0.29, 0.717) is 49.9 Å². The number of halogens is 6. The fraction of sp³-hybridized carbons (Fsp3) is 0.569. The molecule has 0 spiro atoms. The SMILES string of the molecule is C1CCOC1.O=C(N1CCCC(COc2ccc(C(F)(F)F)cc2)C1)C(O)(c1ccccc1)C1CCCCC1.OC(CN1CCCC(COc2ccc(C(F)(F)F)cc2)C1)(c1ccccc1)C1CCCCC1. The van der Waals surface area contributed by atoms with Crippen molar-refractivity contribution < 1.29 is 55.6 Å². The van der Waals surface area contributed by atoms with E-state index in [9.17, 15) is 41.4 Å². The normalized spacial score (nSPS) is 22.2. The van der Waals surface area contributed by atoms with Crippen molar-refractivity contribution in [1.29, 1.82) is 0 Å². The molecule has 8 nitrogen and oxygen atoms in total. The first-order chi connectivity index (χ1) is 34.6. The van der Waals surface area contributed by atoms with Crippen LogP contribution in [-0.2, 0) is 33.1 Å². The Hall–Kier alpha value is -4.63. The fourth-order valence-corrected chi connectivity index (χ4v) is 11.3. The summed E-state index contributed by atoms with van der Waals surface area (Å²) in [6, 6.07) is 28.9. The Morgan fingerprint density at radius 2 is 0.972 bits per heavy atom. The highest BCUT2D eigenvalue weighted by atomic mass is 19.4. The minimum atomic E-state index is -4.38. The monoisotopic (exact) mass is 1010 g/mol. The highest BCUT2D eigenvalue weighted by Gasteiger charge is 2.48. The molecule has 2 N–H and O–H groups in total. The van der Waals surface area contributed by atoms with Crippen molar-refractivity contribution in [3.63, 3.8) is 0 Å². The van der Waals surface area contributed by atoms with Gasteiger partial charge in [0.15, 0.2) is 5.60 Å². The summed E-state index contributed by atoms with van der Waals surface area (Å²) in [4.78, 5) is 17.9. The summed E-state index contributed by atoms with van der Waals surface area (Å²) in [5.41, 5.74) is -2.13. The van der Waals surface area contributed by atoms with E-state index in [2.05, 4.69) is 4.90 Å². The number of β-amino-alcohol motifs (C(OH)–C–C–N with tert-alkyl or cyclic N) is 1. The Morgan fingerprint density at radius 1 is 0.514 bits per heavy atom. The van der Waals surface area contributed by atoms with Crippen molar-refractivity contribution in [2.45, 2.75) is 126 Å². The molecule has 5 aliphatic rings. The van der Waals surface area contributed by atoms with Gasteiger partial charge in [0.2, 0.25) is 0 Å². The number of nitrogens with zero attached hydrogens (tertiary/aromatic N) is 2. The average molecular weight is 1010 g/mol. The third kappa shape index (κ3) is 15.2. The van der Waals surface area contributed by atoms with Crippen LogP contribution < -0.4 is 9.47 Å². The maximum Gasteiger partial charge on any atom is 0.416 e. The number of ether oxygens (including phenoxy) is 3. The molecule has 0 radical (unpaired) electrons. The Labute approximate surface area is 422 Å². The van der Waals surface area contributed by atoms with Gasteiger partial charge in [0, 0.05) is 57.1 Å². The molecule has 394 valence electrons. The first-order valence-corrected chi connectivity index (χ1v) is 26.4. The van der Waals surface area contributed by atoms with Crippen LogP contribution in [0.4, 0.5) is 26.3 Å². The van der Waals surface area contributed by atoms with Crippen LogP contribution in [0, 0.1) is 23.7 Å². The summed E-state index contributed by atoms with van der Waals surface area (Å²) in [5, 5.41) is 23.9. The van der Waals surface area contributed by atoms with Gasteiger partial charge in [-0.25, -0.2) is 0 Å². The van der Waals surface area contributed by atoms with Crippen LogP contribution in [-0.4, -0.2) is 85.1 Å². The van der Waals surface area contributed by atoms with Crippen LogP contribution in [0.1, 0.15) is 125 Å². The van der Waals surface area contributed by atoms with Crippen molar-refractivity contribution in [1.82, 2.24) is 9.80 Å². The van der Waals surface area contributed by atoms with E-state index in [1.54, 1.807) is 4.90 Å². The molecule has 2 saturated carbocycles. The van der Waals surface area contributed by atoms with Crippen molar-refractivity contribution >= 4 is 5.91 Å². The highest BCUT2D eigenvalue weighted by Crippen LogP contribution is 2.43. The molecule has 3 heterocycles. The summed E-state index contributed by atoms with van der Waals surface area (Å²) >= 11 is 0. The lowest BCUT2D eigenvalue weighted by Crippen LogP contribution is -2.54. The average Bonchev–Trinajstić information content (AvgIpc) is 4.01. The van der Waals surface area contributed by atoms with E-state index >= 15 is 0 Å². The molecule has 0 bridgehead atoms. The van der Waals surface area contributed by atoms with Gasteiger partial charge in [-0.3, -0.25) is 9.69 Å². The zero-order chi connectivity index (χ0) is 51.0. The van der Waals surface area contributed by atoms with Crippen LogP contribution in [0.25, 0.3) is 0 Å². The van der Waals surface area contributed by atoms with Gasteiger partial charge in [0.25, 0.3) is 5.91 Å². The molecule has 4 aromatic carbocycles. The van der Waals surface area contributed by atoms with Crippen LogP contribution >= 0.6 is 0 Å². The highest BCUT2D eigenvalue weighted by molar-refractivity contribution is 5.87. The molecule has 9 rings (SSSR count). The van der Waals surface area contributed by atoms with Gasteiger partial charge in [0.05, 0.1) is 24.3 Å². The van der Waals surface area contributed by atoms with Crippen LogP contribution in [0.5, 0.6) is 11.5 Å². The van der Waals surface area contributed by atoms with Gasteiger partial charge in [-0.15, -0.1) is 0 Å². The van der Waals surface area contributed by atoms with Gasteiger partial charge >= 0.3 is 12.4 Å². The zero-order valence-electron chi connectivity index (χ0n) is 41.6. The van der Waals surface area contributed by atoms with Crippen molar-refractivity contribution in [3.05, 3.63) is 131 Å². The molecule has 14 heteroatoms. The molecule has 3 aliphatic heterocycles. The van der Waals surface area contributed by atoms with E-state index in [1.165, 1.54) is 56.4 Å². The molecule has 5 fully saturated rings. The first kappa shape index (κ1) is 55.1. The van der Waals surface area contributed by atoms with Crippen molar-refractivity contribution in [3.8, 4) is 11.5 Å². The predicted molar refractivity (Wildman–Crippen MR) is 266 cm³/mol. The molecular formula is C58H74F6N2O6. The van der Waals surface area contributed by atoms with E-state index < -0.39 is 34.7 Å². The lowest BCUT2D eigenvalue weighted by atomic mass is 9.72. The fourth-order valence-electron chi connectivity index (χ4n) is 11.3. The van der Waals surface area contributed by atoms with Crippen LogP contribution in [0.2, 0.25) is 0 Å². The van der Waals surface area contributed by atoms with Gasteiger partial charge in [-0.05, 0) is 136 Å². The van der Waals surface area contributed by atoms with E-state index in [-0.39, 0.29) is 29.6 Å². The molecular weight excluding hydrogens is 935 g/mol. The summed E-state index contributed by atoms with van der Waals surface area (Å²) in [7, 11) is 0. The molecule has 4 unspecified atom stereocenters. The number of carbonyl (C=O) groups excluding carboxylic acids is 1. The third-order valence-electron chi connectivity index (χ3n) is 15.3. The Balaban J connectivity index is 0.000000192. The number of likely N-dealkylation sites (tertiary alicyclic amines) is 2. The van der Waals surface area contributed by atoms with Gasteiger partial charge in [0.1, 0.15) is 17.1 Å². The molecule has 72 heavy (non-hydrogen) atoms. The lowest BCUT2D eigenvalue weighted by molar-refractivity contribution is -0.163. The number of rotatable bonds is 13. The number of hydrogen-bond acceptors (Lipinski definition) is 7.